The Balaban J connectivity index is 2.18. The monoisotopic (exact) mass is 490 g/mol. The molecule has 4 rings (SSSR count). The van der Waals surface area contributed by atoms with E-state index in [-0.39, 0.29) is 39.1 Å². The standard InChI is InChI=1S/C23H14N4O9/c1-2-4-12-5-3-6-13(23(12)28)7-16-17-8-14(24(29)30)10-19(26(33)34)21(17)22-18(16)9-15(25(31)32)11-20(22)27(35)36/h2-3,5-11,28H,1,4H2. The van der Waals surface area contributed by atoms with Gasteiger partial charge in [-0.2, -0.15) is 0 Å². The van der Waals surface area contributed by atoms with Gasteiger partial charge in [-0.05, 0) is 23.6 Å². The summed E-state index contributed by atoms with van der Waals surface area (Å²) in [7, 11) is 0. The van der Waals surface area contributed by atoms with Crippen LogP contribution in [0.1, 0.15) is 22.3 Å². The molecule has 1 aliphatic carbocycles. The van der Waals surface area contributed by atoms with E-state index in [1.54, 1.807) is 18.2 Å². The van der Waals surface area contributed by atoms with E-state index in [4.69, 9.17) is 0 Å². The second-order valence-corrected chi connectivity index (χ2v) is 7.71. The molecule has 0 spiro atoms. The highest BCUT2D eigenvalue weighted by Crippen LogP contribution is 2.55. The number of nitro groups is 4. The zero-order valence-corrected chi connectivity index (χ0v) is 18.1. The smallest absolute Gasteiger partial charge is 0.284 e. The summed E-state index contributed by atoms with van der Waals surface area (Å²) < 4.78 is 0. The van der Waals surface area contributed by atoms with Gasteiger partial charge >= 0.3 is 0 Å². The molecule has 36 heavy (non-hydrogen) atoms. The number of para-hydroxylation sites is 1. The molecule has 0 heterocycles. The highest BCUT2D eigenvalue weighted by atomic mass is 16.6. The summed E-state index contributed by atoms with van der Waals surface area (Å²) in [6.45, 7) is 3.61. The van der Waals surface area contributed by atoms with Crippen LogP contribution >= 0.6 is 0 Å². The Kier molecular flexibility index (Phi) is 5.74. The number of hydrogen-bond acceptors (Lipinski definition) is 9. The highest BCUT2D eigenvalue weighted by Gasteiger charge is 2.40. The van der Waals surface area contributed by atoms with Crippen molar-refractivity contribution in [2.45, 2.75) is 6.42 Å². The number of hydrogen-bond donors (Lipinski definition) is 1. The third-order valence-electron chi connectivity index (χ3n) is 5.66. The Labute approximate surface area is 200 Å². The molecule has 0 aromatic heterocycles. The number of phenols is 1. The fourth-order valence-corrected chi connectivity index (χ4v) is 4.18. The summed E-state index contributed by atoms with van der Waals surface area (Å²) in [6.07, 6.45) is 3.17. The van der Waals surface area contributed by atoms with Crippen molar-refractivity contribution in [2.24, 2.45) is 0 Å². The van der Waals surface area contributed by atoms with Crippen LogP contribution in [-0.4, -0.2) is 24.8 Å². The SMILES string of the molecule is C=CCc1cccc(C=C2c3cc([N+](=O)[O-])cc([N+](=O)[O-])c3-c3c2cc([N+](=O)[O-])cc3[N+](=O)[O-])c1O. The summed E-state index contributed by atoms with van der Waals surface area (Å²) in [5, 5.41) is 57.5. The maximum Gasteiger partial charge on any atom is 0.284 e. The Morgan fingerprint density at radius 2 is 1.28 bits per heavy atom. The number of aromatic hydroxyl groups is 1. The number of rotatable bonds is 7. The topological polar surface area (TPSA) is 193 Å². The third kappa shape index (κ3) is 3.79. The number of nitro benzene ring substituents is 4. The molecule has 0 atom stereocenters. The van der Waals surface area contributed by atoms with Crippen LogP contribution in [0.3, 0.4) is 0 Å². The molecule has 1 aliphatic rings. The van der Waals surface area contributed by atoms with Gasteiger partial charge in [0, 0.05) is 28.8 Å². The molecule has 13 heteroatoms. The van der Waals surface area contributed by atoms with E-state index in [9.17, 15) is 45.6 Å². The lowest BCUT2D eigenvalue weighted by Gasteiger charge is -2.08. The van der Waals surface area contributed by atoms with E-state index in [0.29, 0.717) is 24.1 Å². The minimum absolute atomic E-state index is 0.00431. The van der Waals surface area contributed by atoms with Crippen molar-refractivity contribution in [3.8, 4) is 16.9 Å². The number of fused-ring (bicyclic) bond motifs is 3. The molecule has 0 aliphatic heterocycles. The van der Waals surface area contributed by atoms with E-state index in [2.05, 4.69) is 6.58 Å². The van der Waals surface area contributed by atoms with Crippen molar-refractivity contribution in [1.29, 1.82) is 0 Å². The van der Waals surface area contributed by atoms with Crippen LogP contribution in [0.5, 0.6) is 5.75 Å². The van der Waals surface area contributed by atoms with Crippen molar-refractivity contribution in [2.75, 3.05) is 0 Å². The average Bonchev–Trinajstić information content (AvgIpc) is 3.13. The van der Waals surface area contributed by atoms with Crippen LogP contribution in [0.25, 0.3) is 22.8 Å². The second-order valence-electron chi connectivity index (χ2n) is 7.71. The lowest BCUT2D eigenvalue weighted by atomic mass is 9.98. The minimum atomic E-state index is -0.911. The predicted molar refractivity (Wildman–Crippen MR) is 127 cm³/mol. The van der Waals surface area contributed by atoms with Crippen molar-refractivity contribution in [3.63, 3.8) is 0 Å². The number of nitrogens with zero attached hydrogens (tertiary/aromatic N) is 4. The Hall–Kier alpha value is -5.46. The number of allylic oxidation sites excluding steroid dienone is 1. The normalized spacial score (nSPS) is 11.4. The van der Waals surface area contributed by atoms with Crippen LogP contribution in [-0.2, 0) is 6.42 Å². The number of non-ortho nitro benzene ring substituents is 2. The van der Waals surface area contributed by atoms with Crippen LogP contribution < -0.4 is 0 Å². The first-order chi connectivity index (χ1) is 17.0. The summed E-state index contributed by atoms with van der Waals surface area (Å²) in [5.74, 6) is -0.181. The van der Waals surface area contributed by atoms with Gasteiger partial charge in [0.15, 0.2) is 0 Å². The van der Waals surface area contributed by atoms with Crippen molar-refractivity contribution in [3.05, 3.63) is 118 Å². The average molecular weight is 490 g/mol. The lowest BCUT2D eigenvalue weighted by Crippen LogP contribution is -1.99. The van der Waals surface area contributed by atoms with Crippen LogP contribution in [0, 0.1) is 40.5 Å². The van der Waals surface area contributed by atoms with E-state index in [1.165, 1.54) is 12.1 Å². The Bertz CT molecular complexity index is 1480. The van der Waals surface area contributed by atoms with Gasteiger partial charge in [-0.15, -0.1) is 6.58 Å². The van der Waals surface area contributed by atoms with Crippen LogP contribution in [0.4, 0.5) is 22.7 Å². The van der Waals surface area contributed by atoms with Crippen LogP contribution in [0.2, 0.25) is 0 Å². The largest absolute Gasteiger partial charge is 0.507 e. The van der Waals surface area contributed by atoms with Gasteiger partial charge in [0.25, 0.3) is 22.7 Å². The summed E-state index contributed by atoms with van der Waals surface area (Å²) in [6, 6.07) is 8.10. The quantitative estimate of drug-likeness (QED) is 0.202. The van der Waals surface area contributed by atoms with Gasteiger partial charge in [-0.25, -0.2) is 0 Å². The maximum absolute atomic E-state index is 11.9. The minimum Gasteiger partial charge on any atom is -0.507 e. The summed E-state index contributed by atoms with van der Waals surface area (Å²) in [4.78, 5) is 43.3. The molecule has 0 amide bonds. The van der Waals surface area contributed by atoms with Gasteiger partial charge in [-0.3, -0.25) is 40.5 Å². The third-order valence-corrected chi connectivity index (χ3v) is 5.66. The Morgan fingerprint density at radius 3 is 1.69 bits per heavy atom. The molecule has 0 saturated carbocycles. The van der Waals surface area contributed by atoms with E-state index >= 15 is 0 Å². The Morgan fingerprint density at radius 1 is 0.778 bits per heavy atom. The first kappa shape index (κ1) is 23.7. The van der Waals surface area contributed by atoms with Crippen molar-refractivity contribution in [1.82, 2.24) is 0 Å². The zero-order valence-electron chi connectivity index (χ0n) is 18.1. The van der Waals surface area contributed by atoms with Gasteiger partial charge in [0.05, 0.1) is 43.0 Å². The predicted octanol–water partition coefficient (Wildman–Crippen LogP) is 5.32. The fourth-order valence-electron chi connectivity index (χ4n) is 4.18. The molecule has 180 valence electrons. The van der Waals surface area contributed by atoms with E-state index in [0.717, 1.165) is 12.1 Å². The summed E-state index contributed by atoms with van der Waals surface area (Å²) >= 11 is 0. The van der Waals surface area contributed by atoms with E-state index in [1.807, 2.05) is 0 Å². The molecule has 0 fully saturated rings. The van der Waals surface area contributed by atoms with Crippen molar-refractivity contribution < 1.29 is 24.8 Å². The van der Waals surface area contributed by atoms with Crippen molar-refractivity contribution >= 4 is 34.4 Å². The molecular formula is C23H14N4O9. The number of benzene rings is 3. The molecule has 3 aromatic carbocycles. The molecule has 0 radical (unpaired) electrons. The molecule has 0 saturated heterocycles. The zero-order chi connectivity index (χ0) is 26.3. The highest BCUT2D eigenvalue weighted by molar-refractivity contribution is 6.12. The first-order valence-corrected chi connectivity index (χ1v) is 10.1. The maximum atomic E-state index is 11.9. The second kappa shape index (κ2) is 8.72. The first-order valence-electron chi connectivity index (χ1n) is 10.1. The van der Waals surface area contributed by atoms with Crippen LogP contribution in [0.15, 0.2) is 55.1 Å². The fraction of sp³-hybridized carbons (Fsp3) is 0.0435. The molecule has 1 N–H and O–H groups in total. The van der Waals surface area contributed by atoms with Gasteiger partial charge in [0.1, 0.15) is 5.75 Å². The molecular weight excluding hydrogens is 476 g/mol. The molecule has 13 nitrogen and oxygen atoms in total. The molecule has 3 aromatic rings. The molecule has 0 unspecified atom stereocenters. The van der Waals surface area contributed by atoms with Gasteiger partial charge in [0.2, 0.25) is 0 Å². The molecule has 0 bridgehead atoms. The summed E-state index contributed by atoms with van der Waals surface area (Å²) in [5.41, 5.74) is -2.96. The lowest BCUT2D eigenvalue weighted by molar-refractivity contribution is -0.395. The van der Waals surface area contributed by atoms with E-state index < -0.39 is 42.4 Å². The van der Waals surface area contributed by atoms with Gasteiger partial charge < -0.3 is 5.11 Å². The van der Waals surface area contributed by atoms with Gasteiger partial charge in [-0.1, -0.05) is 24.3 Å². The number of phenolic OH excluding ortho intramolecular Hbond substituents is 1.